The smallest absolute Gasteiger partial charge is 0.354 e. The molecule has 1 aromatic heterocycles. The van der Waals surface area contributed by atoms with Gasteiger partial charge in [-0.15, -0.1) is 0 Å². The second-order valence-electron chi connectivity index (χ2n) is 3.88. The molecular formula is C13H13ClN2O3. The van der Waals surface area contributed by atoms with Crippen LogP contribution in [0, 0.1) is 0 Å². The summed E-state index contributed by atoms with van der Waals surface area (Å²) in [5.74, 6) is -0.334. The lowest BCUT2D eigenvalue weighted by molar-refractivity contribution is 0.0683. The Hall–Kier alpha value is -2.01. The summed E-state index contributed by atoms with van der Waals surface area (Å²) in [6.45, 7) is 2.56. The van der Waals surface area contributed by atoms with E-state index in [-0.39, 0.29) is 12.3 Å². The van der Waals surface area contributed by atoms with Gasteiger partial charge in [-0.3, -0.25) is 4.68 Å². The monoisotopic (exact) mass is 280 g/mol. The molecule has 1 heterocycles. The van der Waals surface area contributed by atoms with Crippen molar-refractivity contribution in [1.82, 2.24) is 9.78 Å². The molecule has 0 bridgehead atoms. The fourth-order valence-corrected chi connectivity index (χ4v) is 1.77. The predicted octanol–water partition coefficient (Wildman–Crippen LogP) is 2.83. The Kier molecular flexibility index (Phi) is 4.06. The van der Waals surface area contributed by atoms with Crippen molar-refractivity contribution in [1.29, 1.82) is 0 Å². The Bertz CT molecular complexity index is 578. The number of carbonyl (C=O) groups is 1. The number of aryl methyl sites for hydroxylation is 1. The highest BCUT2D eigenvalue weighted by Gasteiger charge is 2.13. The Morgan fingerprint density at radius 2 is 2.11 bits per heavy atom. The first kappa shape index (κ1) is 13.4. The molecule has 0 saturated carbocycles. The van der Waals surface area contributed by atoms with Crippen LogP contribution in [0.2, 0.25) is 5.02 Å². The predicted molar refractivity (Wildman–Crippen MR) is 70.6 cm³/mol. The number of ether oxygens (including phenoxy) is 1. The van der Waals surface area contributed by atoms with Crippen LogP contribution in [-0.2, 0) is 13.2 Å². The topological polar surface area (TPSA) is 64.4 Å². The van der Waals surface area contributed by atoms with Gasteiger partial charge < -0.3 is 9.84 Å². The number of halogens is 1. The zero-order valence-corrected chi connectivity index (χ0v) is 11.1. The maximum atomic E-state index is 11.0. The molecule has 2 aromatic rings. The molecular weight excluding hydrogens is 268 g/mol. The summed E-state index contributed by atoms with van der Waals surface area (Å²) < 4.78 is 6.95. The lowest BCUT2D eigenvalue weighted by atomic mass is 10.3. The number of aromatic carboxylic acids is 1. The zero-order valence-electron chi connectivity index (χ0n) is 10.3. The molecule has 0 spiro atoms. The molecule has 1 N–H and O–H groups in total. The molecule has 0 saturated heterocycles. The SMILES string of the molecule is CCn1nc(COc2ccc(Cl)cc2)cc1C(=O)O. The molecule has 0 unspecified atom stereocenters. The molecule has 0 amide bonds. The Morgan fingerprint density at radius 3 is 2.63 bits per heavy atom. The van der Waals surface area contributed by atoms with E-state index >= 15 is 0 Å². The van der Waals surface area contributed by atoms with Crippen LogP contribution in [0.25, 0.3) is 0 Å². The normalized spacial score (nSPS) is 10.4. The average Bonchev–Trinajstić information content (AvgIpc) is 2.81. The Labute approximate surface area is 115 Å². The van der Waals surface area contributed by atoms with E-state index in [1.54, 1.807) is 24.3 Å². The third-order valence-corrected chi connectivity index (χ3v) is 2.80. The van der Waals surface area contributed by atoms with E-state index in [4.69, 9.17) is 21.4 Å². The first-order chi connectivity index (χ1) is 9.10. The average molecular weight is 281 g/mol. The van der Waals surface area contributed by atoms with E-state index in [0.717, 1.165) is 0 Å². The van der Waals surface area contributed by atoms with Crippen LogP contribution in [0.3, 0.4) is 0 Å². The summed E-state index contributed by atoms with van der Waals surface area (Å²) in [6.07, 6.45) is 0. The summed E-state index contributed by atoms with van der Waals surface area (Å²) in [4.78, 5) is 11.0. The lowest BCUT2D eigenvalue weighted by Gasteiger charge is -2.03. The van der Waals surface area contributed by atoms with E-state index in [1.165, 1.54) is 10.7 Å². The summed E-state index contributed by atoms with van der Waals surface area (Å²) in [7, 11) is 0. The molecule has 0 atom stereocenters. The van der Waals surface area contributed by atoms with Gasteiger partial charge in [0.2, 0.25) is 0 Å². The van der Waals surface area contributed by atoms with Gasteiger partial charge in [-0.2, -0.15) is 5.10 Å². The molecule has 6 heteroatoms. The summed E-state index contributed by atoms with van der Waals surface area (Å²) in [5.41, 5.74) is 0.742. The van der Waals surface area contributed by atoms with E-state index in [2.05, 4.69) is 5.10 Å². The number of rotatable bonds is 5. The second kappa shape index (κ2) is 5.75. The van der Waals surface area contributed by atoms with Crippen molar-refractivity contribution in [2.24, 2.45) is 0 Å². The van der Waals surface area contributed by atoms with Gasteiger partial charge in [0.05, 0.1) is 0 Å². The lowest BCUT2D eigenvalue weighted by Crippen LogP contribution is -2.08. The van der Waals surface area contributed by atoms with Crippen molar-refractivity contribution >= 4 is 17.6 Å². The van der Waals surface area contributed by atoms with E-state index < -0.39 is 5.97 Å². The first-order valence-corrected chi connectivity index (χ1v) is 6.16. The van der Waals surface area contributed by atoms with Gasteiger partial charge in [-0.1, -0.05) is 11.6 Å². The number of hydrogen-bond acceptors (Lipinski definition) is 3. The van der Waals surface area contributed by atoms with Crippen LogP contribution >= 0.6 is 11.6 Å². The summed E-state index contributed by atoms with van der Waals surface area (Å²) >= 11 is 5.77. The van der Waals surface area contributed by atoms with Gasteiger partial charge in [0.25, 0.3) is 0 Å². The highest BCUT2D eigenvalue weighted by Crippen LogP contribution is 2.17. The van der Waals surface area contributed by atoms with Gasteiger partial charge in [-0.25, -0.2) is 4.79 Å². The van der Waals surface area contributed by atoms with E-state index in [1.807, 2.05) is 6.92 Å². The number of carboxylic acid groups (broad SMARTS) is 1. The molecule has 2 rings (SSSR count). The molecule has 100 valence electrons. The fourth-order valence-electron chi connectivity index (χ4n) is 1.64. The summed E-state index contributed by atoms with van der Waals surface area (Å²) in [6, 6.07) is 8.46. The van der Waals surface area contributed by atoms with Gasteiger partial charge in [0, 0.05) is 11.6 Å². The fraction of sp³-hybridized carbons (Fsp3) is 0.231. The molecule has 0 aliphatic carbocycles. The highest BCUT2D eigenvalue weighted by molar-refractivity contribution is 6.30. The quantitative estimate of drug-likeness (QED) is 0.915. The van der Waals surface area contributed by atoms with Crippen molar-refractivity contribution in [2.75, 3.05) is 0 Å². The molecule has 19 heavy (non-hydrogen) atoms. The van der Waals surface area contributed by atoms with Crippen molar-refractivity contribution in [3.05, 3.63) is 46.7 Å². The van der Waals surface area contributed by atoms with Crippen molar-refractivity contribution in [3.63, 3.8) is 0 Å². The van der Waals surface area contributed by atoms with E-state index in [0.29, 0.717) is 23.0 Å². The number of nitrogens with zero attached hydrogens (tertiary/aromatic N) is 2. The maximum absolute atomic E-state index is 11.0. The minimum absolute atomic E-state index is 0.164. The maximum Gasteiger partial charge on any atom is 0.354 e. The first-order valence-electron chi connectivity index (χ1n) is 5.78. The second-order valence-corrected chi connectivity index (χ2v) is 4.32. The molecule has 1 aromatic carbocycles. The number of benzene rings is 1. The van der Waals surface area contributed by atoms with Crippen LogP contribution in [0.15, 0.2) is 30.3 Å². The molecule has 0 fully saturated rings. The molecule has 0 aliphatic rings. The minimum Gasteiger partial charge on any atom is -0.487 e. The summed E-state index contributed by atoms with van der Waals surface area (Å²) in [5, 5.41) is 13.8. The van der Waals surface area contributed by atoms with Crippen LogP contribution < -0.4 is 4.74 Å². The molecule has 5 nitrogen and oxygen atoms in total. The number of aromatic nitrogens is 2. The van der Waals surface area contributed by atoms with Gasteiger partial charge in [-0.05, 0) is 37.3 Å². The zero-order chi connectivity index (χ0) is 13.8. The largest absolute Gasteiger partial charge is 0.487 e. The third kappa shape index (κ3) is 3.26. The van der Waals surface area contributed by atoms with Crippen molar-refractivity contribution < 1.29 is 14.6 Å². The van der Waals surface area contributed by atoms with E-state index in [9.17, 15) is 4.79 Å². The van der Waals surface area contributed by atoms with Gasteiger partial charge in [0.1, 0.15) is 23.7 Å². The minimum atomic E-state index is -0.993. The van der Waals surface area contributed by atoms with Crippen LogP contribution in [0.1, 0.15) is 23.1 Å². The standard InChI is InChI=1S/C13H13ClN2O3/c1-2-16-12(13(17)18)7-10(15-16)8-19-11-5-3-9(14)4-6-11/h3-7H,2,8H2,1H3,(H,17,18). The highest BCUT2D eigenvalue weighted by atomic mass is 35.5. The Balaban J connectivity index is 2.07. The Morgan fingerprint density at radius 1 is 1.42 bits per heavy atom. The van der Waals surface area contributed by atoms with Crippen LogP contribution in [0.4, 0.5) is 0 Å². The van der Waals surface area contributed by atoms with Crippen LogP contribution in [-0.4, -0.2) is 20.9 Å². The van der Waals surface area contributed by atoms with Crippen LogP contribution in [0.5, 0.6) is 5.75 Å². The number of hydrogen-bond donors (Lipinski definition) is 1. The van der Waals surface area contributed by atoms with Crippen molar-refractivity contribution in [2.45, 2.75) is 20.1 Å². The van der Waals surface area contributed by atoms with Crippen molar-refractivity contribution in [3.8, 4) is 5.75 Å². The van der Waals surface area contributed by atoms with Gasteiger partial charge in [0.15, 0.2) is 0 Å². The molecule has 0 radical (unpaired) electrons. The third-order valence-electron chi connectivity index (χ3n) is 2.55. The molecule has 0 aliphatic heterocycles. The van der Waals surface area contributed by atoms with Gasteiger partial charge >= 0.3 is 5.97 Å². The number of carboxylic acids is 1.